The molecule has 0 aromatic carbocycles. The minimum atomic E-state index is -1.07. The summed E-state index contributed by atoms with van der Waals surface area (Å²) in [7, 11) is 1.58. The number of carboxylic acid groups (broad SMARTS) is 1. The molecule has 1 aliphatic heterocycles. The number of halogens is 1. The van der Waals surface area contributed by atoms with Crippen molar-refractivity contribution in [3.8, 4) is 0 Å². The number of nitrogens with zero attached hydrogens (tertiary/aromatic N) is 1. The highest BCUT2D eigenvalue weighted by atomic mass is 35.5. The molecule has 1 amide bonds. The van der Waals surface area contributed by atoms with E-state index in [9.17, 15) is 9.59 Å². The maximum absolute atomic E-state index is 11.0. The van der Waals surface area contributed by atoms with E-state index in [1.54, 1.807) is 7.05 Å². The Hall–Kier alpha value is -0.770. The van der Waals surface area contributed by atoms with Crippen LogP contribution >= 0.6 is 11.6 Å². The van der Waals surface area contributed by atoms with Gasteiger partial charge in [-0.05, 0) is 6.42 Å². The lowest BCUT2D eigenvalue weighted by Crippen LogP contribution is -2.39. The fraction of sp³-hybridized carbons (Fsp3) is 0.714. The number of carboxylic acids is 1. The Kier molecular flexibility index (Phi) is 2.57. The molecular formula is C7H10ClNO3. The molecule has 4 nitrogen and oxygen atoms in total. The van der Waals surface area contributed by atoms with Crippen molar-refractivity contribution in [2.45, 2.75) is 24.3 Å². The summed E-state index contributed by atoms with van der Waals surface area (Å²) in [4.78, 5) is 22.9. The van der Waals surface area contributed by atoms with Crippen LogP contribution in [0.4, 0.5) is 0 Å². The summed E-state index contributed by atoms with van der Waals surface area (Å²) in [5.41, 5.74) is 0. The highest BCUT2D eigenvalue weighted by molar-refractivity contribution is 6.30. The van der Waals surface area contributed by atoms with Crippen LogP contribution in [0.3, 0.4) is 0 Å². The van der Waals surface area contributed by atoms with Crippen LogP contribution in [0, 0.1) is 0 Å². The van der Waals surface area contributed by atoms with E-state index in [2.05, 4.69) is 0 Å². The first-order valence-electron chi connectivity index (χ1n) is 3.66. The zero-order chi connectivity index (χ0) is 9.30. The molecule has 1 rings (SSSR count). The third kappa shape index (κ3) is 1.53. The highest BCUT2D eigenvalue weighted by Gasteiger charge is 2.36. The molecular weight excluding hydrogens is 182 g/mol. The van der Waals surface area contributed by atoms with E-state index >= 15 is 0 Å². The van der Waals surface area contributed by atoms with Crippen molar-refractivity contribution in [1.29, 1.82) is 0 Å². The Morgan fingerprint density at radius 1 is 1.83 bits per heavy atom. The lowest BCUT2D eigenvalue weighted by Gasteiger charge is -2.21. The van der Waals surface area contributed by atoms with Gasteiger partial charge in [0.05, 0.1) is 6.04 Å². The van der Waals surface area contributed by atoms with Gasteiger partial charge in [-0.25, -0.2) is 0 Å². The largest absolute Gasteiger partial charge is 0.480 e. The Bertz CT molecular complexity index is 219. The van der Waals surface area contributed by atoms with Crippen LogP contribution in [0.5, 0.6) is 0 Å². The molecule has 12 heavy (non-hydrogen) atoms. The minimum Gasteiger partial charge on any atom is -0.480 e. The number of alkyl halides is 1. The third-order valence-corrected chi connectivity index (χ3v) is 2.60. The second-order valence-electron chi connectivity index (χ2n) is 2.85. The van der Waals surface area contributed by atoms with Crippen LogP contribution in [0.25, 0.3) is 0 Å². The molecule has 0 aliphatic carbocycles. The first kappa shape index (κ1) is 9.32. The third-order valence-electron chi connectivity index (χ3n) is 2.12. The summed E-state index contributed by atoms with van der Waals surface area (Å²) in [6.07, 6.45) is 0.938. The average Bonchev–Trinajstić information content (AvgIpc) is 2.32. The summed E-state index contributed by atoms with van der Waals surface area (Å²) in [6, 6.07) is -0.350. The highest BCUT2D eigenvalue weighted by Crippen LogP contribution is 2.22. The van der Waals surface area contributed by atoms with Gasteiger partial charge in [0.1, 0.15) is 0 Å². The number of rotatable bonds is 2. The van der Waals surface area contributed by atoms with Crippen LogP contribution in [-0.2, 0) is 9.59 Å². The van der Waals surface area contributed by atoms with Crippen molar-refractivity contribution in [2.75, 3.05) is 7.05 Å². The van der Waals surface area contributed by atoms with Crippen molar-refractivity contribution in [2.24, 2.45) is 0 Å². The second-order valence-corrected chi connectivity index (χ2v) is 3.32. The first-order valence-corrected chi connectivity index (χ1v) is 4.10. The van der Waals surface area contributed by atoms with Crippen LogP contribution in [0.2, 0.25) is 0 Å². The number of carbonyl (C=O) groups excluding carboxylic acids is 1. The molecule has 0 saturated carbocycles. The normalized spacial score (nSPS) is 26.0. The summed E-state index contributed by atoms with van der Waals surface area (Å²) < 4.78 is 0. The van der Waals surface area contributed by atoms with Gasteiger partial charge in [-0.2, -0.15) is 0 Å². The fourth-order valence-electron chi connectivity index (χ4n) is 1.33. The van der Waals surface area contributed by atoms with Gasteiger partial charge < -0.3 is 10.0 Å². The Morgan fingerprint density at radius 2 is 2.42 bits per heavy atom. The van der Waals surface area contributed by atoms with Crippen molar-refractivity contribution in [1.82, 2.24) is 4.90 Å². The quantitative estimate of drug-likeness (QED) is 0.639. The Labute approximate surface area is 75.1 Å². The molecule has 1 fully saturated rings. The molecule has 0 aromatic heterocycles. The predicted octanol–water partition coefficient (Wildman–Crippen LogP) is 0.299. The summed E-state index contributed by atoms with van der Waals surface area (Å²) in [5.74, 6) is -1.10. The van der Waals surface area contributed by atoms with Gasteiger partial charge in [0.2, 0.25) is 5.91 Å². The van der Waals surface area contributed by atoms with Crippen molar-refractivity contribution >= 4 is 23.5 Å². The molecule has 0 spiro atoms. The smallest absolute Gasteiger partial charge is 0.323 e. The molecule has 5 heteroatoms. The molecule has 0 bridgehead atoms. The van der Waals surface area contributed by atoms with E-state index in [0.717, 1.165) is 0 Å². The van der Waals surface area contributed by atoms with Gasteiger partial charge in [0.25, 0.3) is 0 Å². The van der Waals surface area contributed by atoms with Crippen molar-refractivity contribution < 1.29 is 14.7 Å². The standard InChI is InChI=1S/C7H10ClNO3/c1-9-4(2-3-5(9)10)6(8)7(11)12/h4,6H,2-3H2,1H3,(H,11,12). The SMILES string of the molecule is CN1C(=O)CCC1C(Cl)C(=O)O. The zero-order valence-corrected chi connectivity index (χ0v) is 7.41. The van der Waals surface area contributed by atoms with Gasteiger partial charge in [0.15, 0.2) is 5.38 Å². The summed E-state index contributed by atoms with van der Waals surface area (Å²) in [5, 5.41) is 7.59. The number of hydrogen-bond donors (Lipinski definition) is 1. The molecule has 1 saturated heterocycles. The molecule has 0 aromatic rings. The number of hydrogen-bond acceptors (Lipinski definition) is 2. The average molecular weight is 192 g/mol. The molecule has 2 atom stereocenters. The van der Waals surface area contributed by atoms with E-state index in [-0.39, 0.29) is 11.9 Å². The molecule has 68 valence electrons. The van der Waals surface area contributed by atoms with Crippen LogP contribution in [-0.4, -0.2) is 40.3 Å². The first-order chi connectivity index (χ1) is 5.54. The maximum atomic E-state index is 11.0. The Balaban J connectivity index is 2.65. The summed E-state index contributed by atoms with van der Waals surface area (Å²) in [6.45, 7) is 0. The van der Waals surface area contributed by atoms with E-state index in [0.29, 0.717) is 12.8 Å². The lowest BCUT2D eigenvalue weighted by molar-refractivity contribution is -0.138. The number of aliphatic carboxylic acids is 1. The van der Waals surface area contributed by atoms with Gasteiger partial charge >= 0.3 is 5.97 Å². The number of likely N-dealkylation sites (tertiary alicyclic amines) is 1. The van der Waals surface area contributed by atoms with Gasteiger partial charge in [-0.1, -0.05) is 0 Å². The van der Waals surface area contributed by atoms with Crippen LogP contribution in [0.15, 0.2) is 0 Å². The molecule has 1 aliphatic rings. The maximum Gasteiger partial charge on any atom is 0.323 e. The van der Waals surface area contributed by atoms with Crippen LogP contribution in [0.1, 0.15) is 12.8 Å². The zero-order valence-electron chi connectivity index (χ0n) is 6.66. The topological polar surface area (TPSA) is 57.6 Å². The van der Waals surface area contributed by atoms with E-state index in [1.165, 1.54) is 4.90 Å². The summed E-state index contributed by atoms with van der Waals surface area (Å²) >= 11 is 5.59. The Morgan fingerprint density at radius 3 is 2.75 bits per heavy atom. The van der Waals surface area contributed by atoms with E-state index in [4.69, 9.17) is 16.7 Å². The van der Waals surface area contributed by atoms with Gasteiger partial charge in [-0.3, -0.25) is 9.59 Å². The van der Waals surface area contributed by atoms with Gasteiger partial charge in [-0.15, -0.1) is 11.6 Å². The number of amides is 1. The minimum absolute atomic E-state index is 0.0353. The second kappa shape index (κ2) is 3.31. The van der Waals surface area contributed by atoms with E-state index in [1.807, 2.05) is 0 Å². The van der Waals surface area contributed by atoms with E-state index < -0.39 is 11.3 Å². The molecule has 0 radical (unpaired) electrons. The fourth-order valence-corrected chi connectivity index (χ4v) is 1.63. The van der Waals surface area contributed by atoms with Crippen LogP contribution < -0.4 is 0 Å². The van der Waals surface area contributed by atoms with Gasteiger partial charge in [0, 0.05) is 13.5 Å². The van der Waals surface area contributed by atoms with Crippen molar-refractivity contribution in [3.63, 3.8) is 0 Å². The molecule has 1 heterocycles. The monoisotopic (exact) mass is 191 g/mol. The number of carbonyl (C=O) groups is 2. The molecule has 1 N–H and O–H groups in total. The molecule has 2 unspecified atom stereocenters. The predicted molar refractivity (Wildman–Crippen MR) is 43.1 cm³/mol. The lowest BCUT2D eigenvalue weighted by atomic mass is 10.1. The van der Waals surface area contributed by atoms with Crippen molar-refractivity contribution in [3.05, 3.63) is 0 Å².